The lowest BCUT2D eigenvalue weighted by molar-refractivity contribution is 0.297. The fourth-order valence-corrected chi connectivity index (χ4v) is 5.25. The second kappa shape index (κ2) is 7.24. The number of rotatable bonds is 4. The van der Waals surface area contributed by atoms with Gasteiger partial charge in [0.05, 0.1) is 17.2 Å². The van der Waals surface area contributed by atoms with Gasteiger partial charge in [-0.3, -0.25) is 19.1 Å². The standard InChI is InChI=1S/C21H22FN5O2S/c1-14-23-17(12-30-14)11-27-19(29)18(28)26-9-7-21(20(26)24-27)6-8-25(13-21)10-15-2-4-16(22)5-3-15/h2-5,12H,6-11,13H2,1H3/t21-/m1/s1. The lowest BCUT2D eigenvalue weighted by Gasteiger charge is -2.23. The highest BCUT2D eigenvalue weighted by Gasteiger charge is 2.47. The molecule has 4 heterocycles. The molecule has 1 fully saturated rings. The van der Waals surface area contributed by atoms with E-state index in [4.69, 9.17) is 0 Å². The molecule has 1 saturated heterocycles. The number of hydrogen-bond donors (Lipinski definition) is 0. The molecule has 156 valence electrons. The molecule has 2 aliphatic rings. The zero-order valence-electron chi connectivity index (χ0n) is 16.7. The summed E-state index contributed by atoms with van der Waals surface area (Å²) < 4.78 is 16.0. The molecule has 30 heavy (non-hydrogen) atoms. The molecule has 5 rings (SSSR count). The quantitative estimate of drug-likeness (QED) is 0.595. The maximum atomic E-state index is 13.2. The van der Waals surface area contributed by atoms with Crippen molar-refractivity contribution in [2.75, 3.05) is 13.1 Å². The molecule has 0 bridgehead atoms. The molecular formula is C21H22FN5O2S. The summed E-state index contributed by atoms with van der Waals surface area (Å²) >= 11 is 1.51. The fourth-order valence-electron chi connectivity index (χ4n) is 4.64. The Morgan fingerprint density at radius 3 is 2.60 bits per heavy atom. The summed E-state index contributed by atoms with van der Waals surface area (Å²) in [5.41, 5.74) is 0.476. The van der Waals surface area contributed by atoms with Crippen LogP contribution in [0, 0.1) is 12.7 Å². The second-order valence-electron chi connectivity index (χ2n) is 8.22. The smallest absolute Gasteiger partial charge is 0.298 e. The van der Waals surface area contributed by atoms with Crippen molar-refractivity contribution in [2.45, 2.75) is 44.8 Å². The van der Waals surface area contributed by atoms with Crippen molar-refractivity contribution in [3.63, 3.8) is 0 Å². The van der Waals surface area contributed by atoms with Crippen LogP contribution in [0.2, 0.25) is 0 Å². The lowest BCUT2D eigenvalue weighted by atomic mass is 9.85. The third-order valence-electron chi connectivity index (χ3n) is 6.15. The summed E-state index contributed by atoms with van der Waals surface area (Å²) in [6.07, 6.45) is 1.68. The van der Waals surface area contributed by atoms with E-state index in [0.717, 1.165) is 48.7 Å². The predicted octanol–water partition coefficient (Wildman–Crippen LogP) is 1.90. The van der Waals surface area contributed by atoms with Gasteiger partial charge in [0.25, 0.3) is 0 Å². The fraction of sp³-hybridized carbons (Fsp3) is 0.429. The van der Waals surface area contributed by atoms with Crippen molar-refractivity contribution in [3.05, 3.63) is 78.3 Å². The topological polar surface area (TPSA) is 73.0 Å². The van der Waals surface area contributed by atoms with Gasteiger partial charge in [-0.2, -0.15) is 5.10 Å². The van der Waals surface area contributed by atoms with E-state index in [1.807, 2.05) is 12.3 Å². The first-order chi connectivity index (χ1) is 14.4. The minimum atomic E-state index is -0.595. The van der Waals surface area contributed by atoms with Crippen LogP contribution in [0.1, 0.15) is 34.9 Å². The first kappa shape index (κ1) is 19.3. The Kier molecular flexibility index (Phi) is 4.67. The van der Waals surface area contributed by atoms with E-state index in [-0.39, 0.29) is 17.8 Å². The van der Waals surface area contributed by atoms with Crippen LogP contribution in [-0.4, -0.2) is 37.3 Å². The molecule has 9 heteroatoms. The van der Waals surface area contributed by atoms with Gasteiger partial charge in [-0.15, -0.1) is 11.3 Å². The van der Waals surface area contributed by atoms with Gasteiger partial charge in [0, 0.05) is 30.4 Å². The van der Waals surface area contributed by atoms with E-state index in [2.05, 4.69) is 15.0 Å². The van der Waals surface area contributed by atoms with Gasteiger partial charge >= 0.3 is 11.1 Å². The monoisotopic (exact) mass is 427 g/mol. The number of hydrogen-bond acceptors (Lipinski definition) is 6. The molecule has 0 aliphatic carbocycles. The van der Waals surface area contributed by atoms with Gasteiger partial charge in [-0.25, -0.2) is 14.1 Å². The summed E-state index contributed by atoms with van der Waals surface area (Å²) in [5, 5.41) is 7.47. The SMILES string of the molecule is Cc1nc(Cn2nc3n(c(=O)c2=O)CC[C@@]32CCN(Cc3ccc(F)cc3)C2)cs1. The number of likely N-dealkylation sites (tertiary alicyclic amines) is 1. The Morgan fingerprint density at radius 2 is 1.87 bits per heavy atom. The highest BCUT2D eigenvalue weighted by molar-refractivity contribution is 7.09. The van der Waals surface area contributed by atoms with E-state index in [9.17, 15) is 14.0 Å². The highest BCUT2D eigenvalue weighted by Crippen LogP contribution is 2.40. The Labute approximate surface area is 176 Å². The van der Waals surface area contributed by atoms with Crippen molar-refractivity contribution in [1.29, 1.82) is 0 Å². The molecule has 7 nitrogen and oxygen atoms in total. The first-order valence-electron chi connectivity index (χ1n) is 10.0. The Balaban J connectivity index is 1.44. The summed E-state index contributed by atoms with van der Waals surface area (Å²) in [6.45, 7) is 5.01. The predicted molar refractivity (Wildman–Crippen MR) is 111 cm³/mol. The van der Waals surface area contributed by atoms with Crippen LogP contribution < -0.4 is 11.1 Å². The Morgan fingerprint density at radius 1 is 1.10 bits per heavy atom. The minimum Gasteiger partial charge on any atom is -0.298 e. The minimum absolute atomic E-state index is 0.210. The van der Waals surface area contributed by atoms with Crippen LogP contribution in [0.15, 0.2) is 39.2 Å². The normalized spacial score (nSPS) is 20.9. The maximum absolute atomic E-state index is 13.2. The number of aromatic nitrogens is 4. The summed E-state index contributed by atoms with van der Waals surface area (Å²) in [5.74, 6) is 0.471. The molecule has 0 unspecified atom stereocenters. The third kappa shape index (κ3) is 3.31. The number of thiazole rings is 1. The van der Waals surface area contributed by atoms with Gasteiger partial charge in [0.15, 0.2) is 0 Å². The van der Waals surface area contributed by atoms with Gasteiger partial charge < -0.3 is 0 Å². The number of fused-ring (bicyclic) bond motifs is 2. The zero-order chi connectivity index (χ0) is 20.9. The van der Waals surface area contributed by atoms with Crippen LogP contribution in [0.25, 0.3) is 0 Å². The third-order valence-corrected chi connectivity index (χ3v) is 6.97. The number of benzene rings is 1. The summed E-state index contributed by atoms with van der Waals surface area (Å²) in [4.78, 5) is 32.0. The van der Waals surface area contributed by atoms with Gasteiger partial charge in [0.2, 0.25) is 0 Å². The lowest BCUT2D eigenvalue weighted by Crippen LogP contribution is -2.45. The molecule has 1 spiro atoms. The maximum Gasteiger partial charge on any atom is 0.332 e. The largest absolute Gasteiger partial charge is 0.332 e. The van der Waals surface area contributed by atoms with Gasteiger partial charge in [-0.1, -0.05) is 12.1 Å². The van der Waals surface area contributed by atoms with Crippen molar-refractivity contribution in [1.82, 2.24) is 24.2 Å². The summed E-state index contributed by atoms with van der Waals surface area (Å²) in [6, 6.07) is 6.57. The molecular weight excluding hydrogens is 405 g/mol. The van der Waals surface area contributed by atoms with E-state index in [0.29, 0.717) is 12.4 Å². The average molecular weight is 428 g/mol. The van der Waals surface area contributed by atoms with Gasteiger partial charge in [0.1, 0.15) is 11.6 Å². The van der Waals surface area contributed by atoms with Crippen LogP contribution in [0.4, 0.5) is 4.39 Å². The molecule has 1 aromatic carbocycles. The second-order valence-corrected chi connectivity index (χ2v) is 9.28. The first-order valence-corrected chi connectivity index (χ1v) is 10.9. The zero-order valence-corrected chi connectivity index (χ0v) is 17.5. The molecule has 0 amide bonds. The van der Waals surface area contributed by atoms with Crippen molar-refractivity contribution in [2.24, 2.45) is 0 Å². The average Bonchev–Trinajstić information content (AvgIpc) is 3.42. The van der Waals surface area contributed by atoms with E-state index >= 15 is 0 Å². The number of halogens is 1. The molecule has 2 aromatic heterocycles. The molecule has 1 atom stereocenters. The molecule has 0 saturated carbocycles. The van der Waals surface area contributed by atoms with Crippen LogP contribution >= 0.6 is 11.3 Å². The number of nitrogens with zero attached hydrogens (tertiary/aromatic N) is 5. The highest BCUT2D eigenvalue weighted by atomic mass is 32.1. The molecule has 2 aliphatic heterocycles. The number of aryl methyl sites for hydroxylation is 1. The van der Waals surface area contributed by atoms with Crippen molar-refractivity contribution in [3.8, 4) is 0 Å². The molecule has 0 radical (unpaired) electrons. The van der Waals surface area contributed by atoms with E-state index in [1.54, 1.807) is 16.7 Å². The van der Waals surface area contributed by atoms with E-state index in [1.165, 1.54) is 28.2 Å². The molecule has 3 aromatic rings. The van der Waals surface area contributed by atoms with Gasteiger partial charge in [-0.05, 0) is 44.0 Å². The Hall–Kier alpha value is -2.65. The summed E-state index contributed by atoms with van der Waals surface area (Å²) in [7, 11) is 0. The Bertz CT molecular complexity index is 1220. The molecule has 0 N–H and O–H groups in total. The van der Waals surface area contributed by atoms with Crippen molar-refractivity contribution >= 4 is 11.3 Å². The van der Waals surface area contributed by atoms with Crippen LogP contribution in [0.5, 0.6) is 0 Å². The van der Waals surface area contributed by atoms with Crippen LogP contribution in [0.3, 0.4) is 0 Å². The van der Waals surface area contributed by atoms with E-state index < -0.39 is 11.1 Å². The van der Waals surface area contributed by atoms with Crippen LogP contribution in [-0.2, 0) is 25.0 Å². The van der Waals surface area contributed by atoms with Crippen molar-refractivity contribution < 1.29 is 4.39 Å².